The smallest absolute Gasteiger partial charge is 0.235 e. The quantitative estimate of drug-likeness (QED) is 0.854. The highest BCUT2D eigenvalue weighted by Gasteiger charge is 2.19. The molecule has 1 aromatic rings. The van der Waals surface area contributed by atoms with E-state index >= 15 is 0 Å². The van der Waals surface area contributed by atoms with Crippen LogP contribution in [0, 0.1) is 5.82 Å². The van der Waals surface area contributed by atoms with Gasteiger partial charge in [0.15, 0.2) is 0 Å². The second-order valence-corrected chi connectivity index (χ2v) is 6.13. The summed E-state index contributed by atoms with van der Waals surface area (Å²) < 4.78 is 25.5. The number of carbonyl (C=O) groups is 1. The van der Waals surface area contributed by atoms with Crippen molar-refractivity contribution in [2.45, 2.75) is 30.6 Å². The fraction of sp³-hybridized carbons (Fsp3) is 0.500. The summed E-state index contributed by atoms with van der Waals surface area (Å²) in [5.74, 6) is -0.769. The molecule has 1 amide bonds. The Hall–Kier alpha value is -1.23. The van der Waals surface area contributed by atoms with Crippen molar-refractivity contribution in [3.05, 3.63) is 30.1 Å². The van der Waals surface area contributed by atoms with Crippen LogP contribution in [0.4, 0.5) is 4.39 Å². The molecular weight excluding hydrogens is 265 g/mol. The van der Waals surface area contributed by atoms with Gasteiger partial charge in [0, 0.05) is 13.1 Å². The summed E-state index contributed by atoms with van der Waals surface area (Å²) in [5.41, 5.74) is 0. The van der Waals surface area contributed by atoms with Crippen LogP contribution in [-0.2, 0) is 15.6 Å². The maximum atomic E-state index is 13.5. The lowest BCUT2D eigenvalue weighted by atomic mass is 10.2. The van der Waals surface area contributed by atoms with Crippen LogP contribution in [0.2, 0.25) is 0 Å². The van der Waals surface area contributed by atoms with Crippen molar-refractivity contribution in [1.82, 2.24) is 4.90 Å². The zero-order chi connectivity index (χ0) is 13.7. The summed E-state index contributed by atoms with van der Waals surface area (Å²) in [7, 11) is -1.60. The van der Waals surface area contributed by atoms with Crippen molar-refractivity contribution in [1.29, 1.82) is 0 Å². The molecule has 19 heavy (non-hydrogen) atoms. The molecule has 1 atom stereocenters. The summed E-state index contributed by atoms with van der Waals surface area (Å²) >= 11 is 0. The van der Waals surface area contributed by atoms with Crippen LogP contribution in [0.1, 0.15) is 25.7 Å². The first-order valence-electron chi connectivity index (χ1n) is 6.59. The Morgan fingerprint density at radius 3 is 2.42 bits per heavy atom. The fourth-order valence-electron chi connectivity index (χ4n) is 2.23. The highest BCUT2D eigenvalue weighted by Crippen LogP contribution is 2.14. The molecule has 3 nitrogen and oxygen atoms in total. The summed E-state index contributed by atoms with van der Waals surface area (Å²) in [6.07, 6.45) is 4.27. The van der Waals surface area contributed by atoms with Crippen LogP contribution in [-0.4, -0.2) is 33.9 Å². The molecule has 0 spiro atoms. The predicted molar refractivity (Wildman–Crippen MR) is 72.7 cm³/mol. The average Bonchev–Trinajstić information content (AvgIpc) is 2.68. The predicted octanol–water partition coefficient (Wildman–Crippen LogP) is 2.34. The van der Waals surface area contributed by atoms with Crippen LogP contribution in [0.3, 0.4) is 0 Å². The number of carbonyl (C=O) groups excluding carboxylic acids is 1. The molecule has 2 rings (SSSR count). The number of rotatable bonds is 3. The van der Waals surface area contributed by atoms with Gasteiger partial charge in [-0.2, -0.15) is 0 Å². The second-order valence-electron chi connectivity index (χ2n) is 4.72. The average molecular weight is 283 g/mol. The standard InChI is InChI=1S/C14H18FNO2S/c15-12-7-3-4-8-13(12)19(18)11-14(17)16-9-5-1-2-6-10-16/h3-4,7-8H,1-2,5-6,9-11H2. The number of nitrogens with zero attached hydrogens (tertiary/aromatic N) is 1. The summed E-state index contributed by atoms with van der Waals surface area (Å²) in [6, 6.07) is 5.92. The number of benzene rings is 1. The zero-order valence-electron chi connectivity index (χ0n) is 10.8. The molecule has 1 fully saturated rings. The Bertz CT molecular complexity index is 470. The van der Waals surface area contributed by atoms with E-state index in [2.05, 4.69) is 0 Å². The Labute approximate surface area is 115 Å². The molecule has 1 heterocycles. The minimum absolute atomic E-state index is 0.116. The largest absolute Gasteiger partial charge is 0.342 e. The van der Waals surface area contributed by atoms with Crippen LogP contribution >= 0.6 is 0 Å². The molecule has 0 aromatic heterocycles. The summed E-state index contributed by atoms with van der Waals surface area (Å²) in [4.78, 5) is 13.9. The molecule has 1 unspecified atom stereocenters. The number of likely N-dealkylation sites (tertiary alicyclic amines) is 1. The van der Waals surface area contributed by atoms with Crippen molar-refractivity contribution in [2.75, 3.05) is 18.8 Å². The van der Waals surface area contributed by atoms with E-state index in [-0.39, 0.29) is 16.6 Å². The molecule has 1 saturated heterocycles. The minimum Gasteiger partial charge on any atom is -0.342 e. The number of hydrogen-bond donors (Lipinski definition) is 0. The lowest BCUT2D eigenvalue weighted by Crippen LogP contribution is -2.35. The molecule has 0 radical (unpaired) electrons. The second kappa shape index (κ2) is 6.80. The monoisotopic (exact) mass is 283 g/mol. The molecule has 0 aliphatic carbocycles. The van der Waals surface area contributed by atoms with Crippen molar-refractivity contribution < 1.29 is 13.4 Å². The Morgan fingerprint density at radius 2 is 1.79 bits per heavy atom. The number of amides is 1. The highest BCUT2D eigenvalue weighted by atomic mass is 32.2. The Morgan fingerprint density at radius 1 is 1.16 bits per heavy atom. The Kier molecular flexibility index (Phi) is 5.07. The van der Waals surface area contributed by atoms with E-state index < -0.39 is 16.6 Å². The molecule has 104 valence electrons. The van der Waals surface area contributed by atoms with E-state index in [4.69, 9.17) is 0 Å². The van der Waals surface area contributed by atoms with Crippen molar-refractivity contribution >= 4 is 16.7 Å². The van der Waals surface area contributed by atoms with E-state index in [1.165, 1.54) is 12.1 Å². The summed E-state index contributed by atoms with van der Waals surface area (Å²) in [6.45, 7) is 1.46. The van der Waals surface area contributed by atoms with Gasteiger partial charge in [0.05, 0.1) is 15.7 Å². The van der Waals surface area contributed by atoms with Crippen LogP contribution in [0.15, 0.2) is 29.2 Å². The minimum atomic E-state index is -1.60. The first kappa shape index (κ1) is 14.2. The van der Waals surface area contributed by atoms with Gasteiger partial charge in [-0.15, -0.1) is 0 Å². The third-order valence-electron chi connectivity index (χ3n) is 3.30. The molecule has 0 saturated carbocycles. The number of hydrogen-bond acceptors (Lipinski definition) is 2. The van der Waals surface area contributed by atoms with Crippen LogP contribution in [0.25, 0.3) is 0 Å². The topological polar surface area (TPSA) is 37.4 Å². The van der Waals surface area contributed by atoms with Crippen molar-refractivity contribution in [2.24, 2.45) is 0 Å². The van der Waals surface area contributed by atoms with Gasteiger partial charge in [0.1, 0.15) is 11.6 Å². The SMILES string of the molecule is O=C(CS(=O)c1ccccc1F)N1CCCCCC1. The first-order valence-corrected chi connectivity index (χ1v) is 7.91. The molecular formula is C14H18FNO2S. The first-order chi connectivity index (χ1) is 9.18. The van der Waals surface area contributed by atoms with E-state index in [1.807, 2.05) is 0 Å². The third kappa shape index (κ3) is 3.86. The lowest BCUT2D eigenvalue weighted by Gasteiger charge is -2.19. The number of halogens is 1. The molecule has 1 aliphatic rings. The zero-order valence-corrected chi connectivity index (χ0v) is 11.6. The highest BCUT2D eigenvalue weighted by molar-refractivity contribution is 7.85. The van der Waals surface area contributed by atoms with Gasteiger partial charge in [-0.1, -0.05) is 25.0 Å². The van der Waals surface area contributed by atoms with Gasteiger partial charge in [-0.3, -0.25) is 9.00 Å². The normalized spacial score (nSPS) is 17.8. The third-order valence-corrected chi connectivity index (χ3v) is 4.63. The van der Waals surface area contributed by atoms with Gasteiger partial charge in [0.25, 0.3) is 0 Å². The van der Waals surface area contributed by atoms with E-state index in [0.717, 1.165) is 38.8 Å². The molecule has 1 aliphatic heterocycles. The molecule has 0 bridgehead atoms. The summed E-state index contributed by atoms with van der Waals surface area (Å²) in [5, 5.41) is 0. The van der Waals surface area contributed by atoms with E-state index in [0.29, 0.717) is 0 Å². The van der Waals surface area contributed by atoms with Gasteiger partial charge in [-0.05, 0) is 25.0 Å². The van der Waals surface area contributed by atoms with Gasteiger partial charge in [-0.25, -0.2) is 4.39 Å². The Balaban J connectivity index is 1.98. The maximum absolute atomic E-state index is 13.5. The molecule has 1 aromatic carbocycles. The van der Waals surface area contributed by atoms with Gasteiger partial charge in [0.2, 0.25) is 5.91 Å². The lowest BCUT2D eigenvalue weighted by molar-refractivity contribution is -0.128. The van der Waals surface area contributed by atoms with Gasteiger partial charge < -0.3 is 4.90 Å². The molecule has 5 heteroatoms. The van der Waals surface area contributed by atoms with E-state index in [9.17, 15) is 13.4 Å². The van der Waals surface area contributed by atoms with Crippen molar-refractivity contribution in [3.8, 4) is 0 Å². The van der Waals surface area contributed by atoms with Crippen LogP contribution in [0.5, 0.6) is 0 Å². The van der Waals surface area contributed by atoms with E-state index in [1.54, 1.807) is 17.0 Å². The van der Waals surface area contributed by atoms with Gasteiger partial charge >= 0.3 is 0 Å². The molecule has 0 N–H and O–H groups in total. The maximum Gasteiger partial charge on any atom is 0.235 e. The van der Waals surface area contributed by atoms with Crippen molar-refractivity contribution in [3.63, 3.8) is 0 Å². The fourth-order valence-corrected chi connectivity index (χ4v) is 3.31. The van der Waals surface area contributed by atoms with Crippen LogP contribution < -0.4 is 0 Å².